The number of nitrogens with zero attached hydrogens (tertiary/aromatic N) is 1. The Hall–Kier alpha value is -1.33. The lowest BCUT2D eigenvalue weighted by atomic mass is 9.84. The number of β-lactam (4-membered cyclic amide) rings is 1. The predicted octanol–water partition coefficient (Wildman–Crippen LogP) is -0.399. The van der Waals surface area contributed by atoms with Crippen LogP contribution in [0.25, 0.3) is 0 Å². The molecule has 10 heteroatoms. The Morgan fingerprint density at radius 1 is 1.54 bits per heavy atom. The second-order valence-electron chi connectivity index (χ2n) is 7.07. The Labute approximate surface area is 156 Å². The zero-order valence-electron chi connectivity index (χ0n) is 14.6. The Balaban J connectivity index is 1.69. The standard InChI is InChI=1S/C16H26N4O5S/c1-7(21)13-11-5-12(15(25-16(23)24)20(11)14(13)22)26-8-4-10(19-6-8)9(18)2-3-17/h7-11,13,19,21H,2-6,17-18H2,1H3,(H,23,24)/t7-,8+,9?,10+,11-,13-/m1/s1. The smallest absolute Gasteiger partial charge is 0.449 e. The number of aliphatic hydroxyl groups is 1. The van der Waals surface area contributed by atoms with Crippen molar-refractivity contribution in [2.24, 2.45) is 17.4 Å². The number of fused-ring (bicyclic) bond motifs is 1. The molecule has 0 saturated carbocycles. The van der Waals surface area contributed by atoms with Crippen molar-refractivity contribution in [1.29, 1.82) is 0 Å². The molecule has 0 aromatic carbocycles. The zero-order chi connectivity index (χ0) is 19.0. The second kappa shape index (κ2) is 7.73. The zero-order valence-corrected chi connectivity index (χ0v) is 15.4. The Bertz CT molecular complexity index is 613. The van der Waals surface area contributed by atoms with Crippen molar-refractivity contribution in [3.8, 4) is 0 Å². The minimum absolute atomic E-state index is 0.0148. The number of carbonyl (C=O) groups excluding carboxylic acids is 1. The largest absolute Gasteiger partial charge is 0.512 e. The maximum Gasteiger partial charge on any atom is 0.512 e. The number of carboxylic acid groups (broad SMARTS) is 1. The SMILES string of the molecule is C[C@@H](O)[C@H]1C(=O)N2C(OC(=O)O)=C(S[C@@H]3CN[C@H](C(N)CCN)C3)C[C@H]12. The van der Waals surface area contributed by atoms with Crippen LogP contribution in [-0.4, -0.2) is 69.7 Å². The van der Waals surface area contributed by atoms with Crippen LogP contribution in [-0.2, 0) is 9.53 Å². The van der Waals surface area contributed by atoms with Gasteiger partial charge >= 0.3 is 6.16 Å². The molecule has 0 radical (unpaired) electrons. The molecular weight excluding hydrogens is 360 g/mol. The quantitative estimate of drug-likeness (QED) is 0.291. The number of nitrogens with one attached hydrogen (secondary N) is 1. The summed E-state index contributed by atoms with van der Waals surface area (Å²) in [6.45, 7) is 2.86. The molecule has 26 heavy (non-hydrogen) atoms. The van der Waals surface area contributed by atoms with E-state index in [2.05, 4.69) is 5.32 Å². The van der Waals surface area contributed by atoms with E-state index in [9.17, 15) is 14.7 Å². The molecule has 1 unspecified atom stereocenters. The van der Waals surface area contributed by atoms with E-state index in [4.69, 9.17) is 21.3 Å². The number of nitrogens with two attached hydrogens (primary N) is 2. The minimum atomic E-state index is -1.44. The predicted molar refractivity (Wildman–Crippen MR) is 96.0 cm³/mol. The van der Waals surface area contributed by atoms with Gasteiger partial charge in [0, 0.05) is 35.2 Å². The fraction of sp³-hybridized carbons (Fsp3) is 0.750. The molecule has 2 fully saturated rings. The number of rotatable bonds is 7. The molecule has 0 spiro atoms. The van der Waals surface area contributed by atoms with Crippen LogP contribution in [0.15, 0.2) is 10.8 Å². The van der Waals surface area contributed by atoms with E-state index in [-0.39, 0.29) is 35.2 Å². The van der Waals surface area contributed by atoms with Gasteiger partial charge in [0.2, 0.25) is 11.8 Å². The number of thioether (sulfide) groups is 1. The first-order valence-electron chi connectivity index (χ1n) is 8.84. The lowest BCUT2D eigenvalue weighted by Crippen LogP contribution is -2.61. The lowest BCUT2D eigenvalue weighted by Gasteiger charge is -2.44. The fourth-order valence-corrected chi connectivity index (χ4v) is 5.40. The average molecular weight is 386 g/mol. The van der Waals surface area contributed by atoms with Gasteiger partial charge in [0.1, 0.15) is 0 Å². The molecule has 6 atom stereocenters. The van der Waals surface area contributed by atoms with Crippen molar-refractivity contribution in [2.45, 2.75) is 55.7 Å². The molecule has 146 valence electrons. The van der Waals surface area contributed by atoms with Gasteiger partial charge in [-0.2, -0.15) is 0 Å². The first-order valence-corrected chi connectivity index (χ1v) is 9.72. The molecule has 0 aromatic rings. The number of amides is 1. The Morgan fingerprint density at radius 2 is 2.27 bits per heavy atom. The van der Waals surface area contributed by atoms with Crippen molar-refractivity contribution in [3.05, 3.63) is 10.8 Å². The van der Waals surface area contributed by atoms with Crippen LogP contribution in [0.3, 0.4) is 0 Å². The molecule has 3 aliphatic heterocycles. The van der Waals surface area contributed by atoms with Crippen LogP contribution >= 0.6 is 11.8 Å². The molecular formula is C16H26N4O5S. The maximum atomic E-state index is 12.3. The monoisotopic (exact) mass is 386 g/mol. The molecule has 0 aliphatic carbocycles. The highest BCUT2D eigenvalue weighted by Gasteiger charge is 2.57. The van der Waals surface area contributed by atoms with Crippen molar-refractivity contribution >= 4 is 23.8 Å². The highest BCUT2D eigenvalue weighted by atomic mass is 32.2. The van der Waals surface area contributed by atoms with E-state index in [1.54, 1.807) is 6.92 Å². The summed E-state index contributed by atoms with van der Waals surface area (Å²) in [5, 5.41) is 22.4. The van der Waals surface area contributed by atoms with E-state index in [1.807, 2.05) is 0 Å². The molecule has 0 aromatic heterocycles. The van der Waals surface area contributed by atoms with Gasteiger partial charge in [-0.05, 0) is 26.3 Å². The van der Waals surface area contributed by atoms with E-state index >= 15 is 0 Å². The third-order valence-electron chi connectivity index (χ3n) is 5.27. The highest BCUT2D eigenvalue weighted by molar-refractivity contribution is 8.03. The molecule has 3 heterocycles. The number of aliphatic hydroxyl groups excluding tert-OH is 1. The molecule has 1 amide bonds. The lowest BCUT2D eigenvalue weighted by molar-refractivity contribution is -0.160. The van der Waals surface area contributed by atoms with Gasteiger partial charge in [-0.3, -0.25) is 9.69 Å². The fourth-order valence-electron chi connectivity index (χ4n) is 4.01. The first kappa shape index (κ1) is 19.4. The van der Waals surface area contributed by atoms with E-state index in [0.717, 1.165) is 24.3 Å². The van der Waals surface area contributed by atoms with Gasteiger partial charge < -0.3 is 31.7 Å². The van der Waals surface area contributed by atoms with Crippen LogP contribution in [0.1, 0.15) is 26.2 Å². The first-order chi connectivity index (χ1) is 12.3. The number of ether oxygens (including phenoxy) is 1. The van der Waals surface area contributed by atoms with Gasteiger partial charge in [-0.1, -0.05) is 0 Å². The second-order valence-corrected chi connectivity index (χ2v) is 8.47. The third-order valence-corrected chi connectivity index (χ3v) is 6.59. The van der Waals surface area contributed by atoms with Gasteiger partial charge in [-0.15, -0.1) is 11.8 Å². The molecule has 0 bridgehead atoms. The normalized spacial score (nSPS) is 33.1. The molecule has 7 N–H and O–H groups in total. The maximum absolute atomic E-state index is 12.3. The van der Waals surface area contributed by atoms with Gasteiger partial charge in [-0.25, -0.2) is 4.79 Å². The Kier molecular flexibility index (Phi) is 5.78. The van der Waals surface area contributed by atoms with E-state index in [1.165, 1.54) is 16.7 Å². The van der Waals surface area contributed by atoms with Gasteiger partial charge in [0.05, 0.1) is 18.1 Å². The minimum Gasteiger partial charge on any atom is -0.449 e. The van der Waals surface area contributed by atoms with Crippen LogP contribution in [0.5, 0.6) is 0 Å². The van der Waals surface area contributed by atoms with Crippen molar-refractivity contribution < 1.29 is 24.5 Å². The van der Waals surface area contributed by atoms with Crippen LogP contribution in [0.4, 0.5) is 4.79 Å². The summed E-state index contributed by atoms with van der Waals surface area (Å²) in [7, 11) is 0. The summed E-state index contributed by atoms with van der Waals surface area (Å²) in [6.07, 6.45) is -0.130. The number of carbonyl (C=O) groups is 2. The molecule has 3 aliphatic rings. The summed E-state index contributed by atoms with van der Waals surface area (Å²) in [4.78, 5) is 25.5. The van der Waals surface area contributed by atoms with Gasteiger partial charge in [0.15, 0.2) is 0 Å². The highest BCUT2D eigenvalue weighted by Crippen LogP contribution is 2.48. The molecule has 9 nitrogen and oxygen atoms in total. The topological polar surface area (TPSA) is 151 Å². The van der Waals surface area contributed by atoms with Crippen LogP contribution < -0.4 is 16.8 Å². The summed E-state index contributed by atoms with van der Waals surface area (Å²) >= 11 is 1.53. The van der Waals surface area contributed by atoms with Crippen molar-refractivity contribution in [3.63, 3.8) is 0 Å². The van der Waals surface area contributed by atoms with E-state index in [0.29, 0.717) is 13.0 Å². The summed E-state index contributed by atoms with van der Waals surface area (Å²) < 4.78 is 4.92. The average Bonchev–Trinajstić information content (AvgIpc) is 3.11. The number of hydrogen-bond acceptors (Lipinski definition) is 8. The van der Waals surface area contributed by atoms with E-state index < -0.39 is 18.2 Å². The Morgan fingerprint density at radius 3 is 2.88 bits per heavy atom. The molecule has 3 rings (SSSR count). The van der Waals surface area contributed by atoms with Crippen LogP contribution in [0.2, 0.25) is 0 Å². The molecule has 2 saturated heterocycles. The van der Waals surface area contributed by atoms with Gasteiger partial charge in [0.25, 0.3) is 0 Å². The summed E-state index contributed by atoms with van der Waals surface area (Å²) in [6, 6.07) is -0.0752. The van der Waals surface area contributed by atoms with Crippen molar-refractivity contribution in [2.75, 3.05) is 13.1 Å². The summed E-state index contributed by atoms with van der Waals surface area (Å²) in [5.41, 5.74) is 11.7. The summed E-state index contributed by atoms with van der Waals surface area (Å²) in [5.74, 6) is -0.693. The van der Waals surface area contributed by atoms with Crippen LogP contribution in [0, 0.1) is 5.92 Å². The van der Waals surface area contributed by atoms with Crippen molar-refractivity contribution in [1.82, 2.24) is 10.2 Å². The number of hydrogen-bond donors (Lipinski definition) is 5. The third kappa shape index (κ3) is 3.56.